The molecule has 2 aromatic heterocycles. The maximum atomic E-state index is 13.6. The zero-order valence-electron chi connectivity index (χ0n) is 16.0. The number of carbonyl (C=O) groups excluding carboxylic acids is 1. The maximum absolute atomic E-state index is 13.6. The zero-order chi connectivity index (χ0) is 20.8. The van der Waals surface area contributed by atoms with E-state index in [1.54, 1.807) is 36.4 Å². The van der Waals surface area contributed by atoms with Gasteiger partial charge < -0.3 is 4.42 Å². The molecule has 0 N–H and O–H groups in total. The maximum Gasteiger partial charge on any atom is 0.297 e. The van der Waals surface area contributed by atoms with Crippen LogP contribution >= 0.6 is 11.3 Å². The van der Waals surface area contributed by atoms with Crippen LogP contribution in [0.15, 0.2) is 57.7 Å². The van der Waals surface area contributed by atoms with Crippen molar-refractivity contribution in [3.8, 4) is 0 Å². The molecule has 0 spiro atoms. The van der Waals surface area contributed by atoms with E-state index in [1.807, 2.05) is 6.92 Å². The number of aromatic nitrogens is 2. The van der Waals surface area contributed by atoms with Crippen molar-refractivity contribution in [2.45, 2.75) is 25.8 Å². The second kappa shape index (κ2) is 7.14. The second-order valence-corrected chi connectivity index (χ2v) is 8.07. The van der Waals surface area contributed by atoms with E-state index in [-0.39, 0.29) is 16.8 Å². The van der Waals surface area contributed by atoms with Crippen LogP contribution in [0.4, 0.5) is 9.52 Å². The lowest BCUT2D eigenvalue weighted by Crippen LogP contribution is -2.29. The van der Waals surface area contributed by atoms with Gasteiger partial charge >= 0.3 is 0 Å². The van der Waals surface area contributed by atoms with E-state index in [1.165, 1.54) is 28.4 Å². The normalized spacial score (nSPS) is 15.7. The number of aryl methyl sites for hydroxylation is 1. The molecule has 0 saturated carbocycles. The fourth-order valence-electron chi connectivity index (χ4n) is 3.73. The predicted octanol–water partition coefficient (Wildman–Crippen LogP) is 4.49. The largest absolute Gasteiger partial charge is 0.450 e. The molecule has 0 aliphatic carbocycles. The fourth-order valence-corrected chi connectivity index (χ4v) is 4.70. The minimum Gasteiger partial charge on any atom is -0.450 e. The average molecular weight is 421 g/mol. The second-order valence-electron chi connectivity index (χ2n) is 7.03. The third-order valence-corrected chi connectivity index (χ3v) is 6.07. The van der Waals surface area contributed by atoms with E-state index in [0.717, 1.165) is 17.8 Å². The number of halogens is 1. The van der Waals surface area contributed by atoms with Crippen molar-refractivity contribution in [1.82, 2.24) is 10.2 Å². The number of para-hydroxylation sites is 1. The number of fused-ring (bicyclic) bond motifs is 2. The molecular formula is C22H16FN3O3S. The summed E-state index contributed by atoms with van der Waals surface area (Å²) in [6.07, 6.45) is 1.64. The van der Waals surface area contributed by atoms with Gasteiger partial charge in [-0.05, 0) is 36.2 Å². The van der Waals surface area contributed by atoms with Crippen LogP contribution in [-0.4, -0.2) is 16.1 Å². The van der Waals surface area contributed by atoms with Gasteiger partial charge in [0.2, 0.25) is 10.9 Å². The third-order valence-electron chi connectivity index (χ3n) is 5.09. The van der Waals surface area contributed by atoms with Crippen molar-refractivity contribution in [2.75, 3.05) is 4.90 Å². The summed E-state index contributed by atoms with van der Waals surface area (Å²) in [4.78, 5) is 28.2. The Morgan fingerprint density at radius 1 is 1.10 bits per heavy atom. The number of hydrogen-bond acceptors (Lipinski definition) is 6. The highest BCUT2D eigenvalue weighted by atomic mass is 32.1. The molecule has 0 radical (unpaired) electrons. The Hall–Kier alpha value is -3.39. The first-order valence-corrected chi connectivity index (χ1v) is 10.4. The summed E-state index contributed by atoms with van der Waals surface area (Å²) in [5, 5.41) is 9.95. The van der Waals surface area contributed by atoms with Gasteiger partial charge in [-0.3, -0.25) is 14.5 Å². The van der Waals surface area contributed by atoms with Crippen LogP contribution in [0.25, 0.3) is 11.0 Å². The Labute approximate surface area is 174 Å². The molecule has 0 fully saturated rings. The van der Waals surface area contributed by atoms with Crippen LogP contribution in [0.5, 0.6) is 0 Å². The number of hydrogen-bond donors (Lipinski definition) is 0. The van der Waals surface area contributed by atoms with Gasteiger partial charge in [0.05, 0.1) is 17.0 Å². The van der Waals surface area contributed by atoms with Crippen molar-refractivity contribution in [1.29, 1.82) is 0 Å². The quantitative estimate of drug-likeness (QED) is 0.485. The third kappa shape index (κ3) is 2.83. The smallest absolute Gasteiger partial charge is 0.297 e. The van der Waals surface area contributed by atoms with Crippen molar-refractivity contribution in [3.05, 3.63) is 86.5 Å². The van der Waals surface area contributed by atoms with Crippen LogP contribution in [0.1, 0.15) is 46.1 Å². The Morgan fingerprint density at radius 3 is 2.63 bits per heavy atom. The Kier molecular flexibility index (Phi) is 4.43. The molecule has 1 atom stereocenters. The Balaban J connectivity index is 1.76. The standard InChI is InChI=1S/C22H16FN3O3S/c1-2-5-16-24-25-22(30-16)26-18(12-8-10-13(23)11-9-12)17-19(27)14-6-3-4-7-15(14)29-20(17)21(26)28/h3-4,6-11,18H,2,5H2,1H3. The van der Waals surface area contributed by atoms with Gasteiger partial charge in [0.15, 0.2) is 5.43 Å². The number of anilines is 1. The SMILES string of the molecule is CCCc1nnc(N2C(=O)c3oc4ccccc4c(=O)c3C2c2ccc(F)cc2)s1. The summed E-state index contributed by atoms with van der Waals surface area (Å²) < 4.78 is 19.4. The summed E-state index contributed by atoms with van der Waals surface area (Å²) >= 11 is 1.31. The summed E-state index contributed by atoms with van der Waals surface area (Å²) in [5.41, 5.74) is 0.893. The van der Waals surface area contributed by atoms with Gasteiger partial charge in [-0.2, -0.15) is 0 Å². The highest BCUT2D eigenvalue weighted by molar-refractivity contribution is 7.15. The molecule has 5 rings (SSSR count). The van der Waals surface area contributed by atoms with Gasteiger partial charge in [-0.25, -0.2) is 4.39 Å². The summed E-state index contributed by atoms with van der Waals surface area (Å²) in [6, 6.07) is 11.8. The summed E-state index contributed by atoms with van der Waals surface area (Å²) in [5.74, 6) is -0.872. The summed E-state index contributed by atoms with van der Waals surface area (Å²) in [7, 11) is 0. The first-order valence-electron chi connectivity index (χ1n) is 9.55. The highest BCUT2D eigenvalue weighted by Crippen LogP contribution is 2.42. The van der Waals surface area contributed by atoms with Crippen molar-refractivity contribution < 1.29 is 13.6 Å². The highest BCUT2D eigenvalue weighted by Gasteiger charge is 2.45. The predicted molar refractivity (Wildman–Crippen MR) is 111 cm³/mol. The van der Waals surface area contributed by atoms with Gasteiger partial charge in [0.25, 0.3) is 5.91 Å². The van der Waals surface area contributed by atoms with E-state index >= 15 is 0 Å². The molecule has 6 nitrogen and oxygen atoms in total. The number of nitrogens with zero attached hydrogens (tertiary/aromatic N) is 3. The first-order chi connectivity index (χ1) is 14.6. The van der Waals surface area contributed by atoms with Crippen molar-refractivity contribution in [2.24, 2.45) is 0 Å². The number of benzene rings is 2. The van der Waals surface area contributed by atoms with Gasteiger partial charge in [0, 0.05) is 6.42 Å². The Morgan fingerprint density at radius 2 is 1.87 bits per heavy atom. The van der Waals surface area contributed by atoms with Gasteiger partial charge in [-0.15, -0.1) is 10.2 Å². The topological polar surface area (TPSA) is 76.3 Å². The monoisotopic (exact) mass is 421 g/mol. The Bertz CT molecular complexity index is 1330. The lowest BCUT2D eigenvalue weighted by Gasteiger charge is -2.22. The van der Waals surface area contributed by atoms with E-state index < -0.39 is 17.8 Å². The van der Waals surface area contributed by atoms with Crippen LogP contribution < -0.4 is 10.3 Å². The van der Waals surface area contributed by atoms with E-state index in [9.17, 15) is 14.0 Å². The molecule has 8 heteroatoms. The molecule has 0 saturated heterocycles. The number of rotatable bonds is 4. The number of amides is 1. The molecule has 150 valence electrons. The van der Waals surface area contributed by atoms with E-state index in [4.69, 9.17) is 4.42 Å². The van der Waals surface area contributed by atoms with E-state index in [0.29, 0.717) is 21.7 Å². The molecule has 3 heterocycles. The average Bonchev–Trinajstić information content (AvgIpc) is 3.32. The van der Waals surface area contributed by atoms with E-state index in [2.05, 4.69) is 10.2 Å². The van der Waals surface area contributed by atoms with Crippen LogP contribution in [0.3, 0.4) is 0 Å². The molecule has 0 bridgehead atoms. The summed E-state index contributed by atoms with van der Waals surface area (Å²) in [6.45, 7) is 2.04. The first kappa shape index (κ1) is 18.6. The van der Waals surface area contributed by atoms with Gasteiger partial charge in [-0.1, -0.05) is 42.5 Å². The molecule has 2 aromatic carbocycles. The van der Waals surface area contributed by atoms with Gasteiger partial charge in [0.1, 0.15) is 16.4 Å². The fraction of sp³-hybridized carbons (Fsp3) is 0.182. The minimum atomic E-state index is -0.767. The molecule has 1 unspecified atom stereocenters. The van der Waals surface area contributed by atoms with Crippen LogP contribution in [0, 0.1) is 5.82 Å². The molecule has 1 amide bonds. The zero-order valence-corrected chi connectivity index (χ0v) is 16.8. The molecule has 4 aromatic rings. The molecule has 30 heavy (non-hydrogen) atoms. The molecule has 1 aliphatic rings. The minimum absolute atomic E-state index is 0.0136. The van der Waals surface area contributed by atoms with Crippen LogP contribution in [-0.2, 0) is 6.42 Å². The lowest BCUT2D eigenvalue weighted by molar-refractivity contribution is 0.0970. The van der Waals surface area contributed by atoms with Crippen LogP contribution in [0.2, 0.25) is 0 Å². The molecular weight excluding hydrogens is 405 g/mol. The molecule has 1 aliphatic heterocycles. The van der Waals surface area contributed by atoms with Crippen molar-refractivity contribution in [3.63, 3.8) is 0 Å². The van der Waals surface area contributed by atoms with Crippen molar-refractivity contribution >= 4 is 33.3 Å². The lowest BCUT2D eigenvalue weighted by atomic mass is 9.99. The number of carbonyl (C=O) groups is 1.